The van der Waals surface area contributed by atoms with Gasteiger partial charge in [0, 0.05) is 41.8 Å². The molecule has 1 saturated heterocycles. The van der Waals surface area contributed by atoms with Crippen LogP contribution in [0.3, 0.4) is 0 Å². The van der Waals surface area contributed by atoms with Crippen LogP contribution in [0.25, 0.3) is 39.5 Å². The van der Waals surface area contributed by atoms with E-state index in [9.17, 15) is 0 Å². The summed E-state index contributed by atoms with van der Waals surface area (Å²) in [4.78, 5) is 17.0. The second-order valence-corrected chi connectivity index (χ2v) is 11.3. The molecule has 7 heteroatoms. The molecule has 2 aliphatic rings. The number of nitrogens with two attached hydrogens (primary N) is 2. The lowest BCUT2D eigenvalue weighted by Crippen LogP contribution is -2.43. The van der Waals surface area contributed by atoms with Gasteiger partial charge in [0.1, 0.15) is 11.3 Å². The zero-order chi connectivity index (χ0) is 27.1. The Morgan fingerprint density at radius 1 is 0.750 bits per heavy atom. The number of imidazole rings is 1. The monoisotopic (exact) mass is 529 g/mol. The molecule has 0 atom stereocenters. The minimum absolute atomic E-state index is 0.212. The third kappa shape index (κ3) is 4.40. The van der Waals surface area contributed by atoms with Crippen molar-refractivity contribution >= 4 is 22.7 Å². The fraction of sp³-hybridized carbons (Fsp3) is 0.303. The van der Waals surface area contributed by atoms with Crippen molar-refractivity contribution in [3.63, 3.8) is 0 Å². The van der Waals surface area contributed by atoms with E-state index in [4.69, 9.17) is 21.4 Å². The summed E-state index contributed by atoms with van der Waals surface area (Å²) in [6.07, 6.45) is 10.1. The molecule has 2 aromatic carbocycles. The number of nitrogens with zero attached hydrogens (tertiary/aromatic N) is 5. The summed E-state index contributed by atoms with van der Waals surface area (Å²) < 4.78 is 2.10. The average molecular weight is 530 g/mol. The number of aromatic nitrogens is 4. The number of pyridine rings is 2. The molecule has 4 N–H and O–H groups in total. The van der Waals surface area contributed by atoms with Crippen LogP contribution in [-0.2, 0) is 5.54 Å². The lowest BCUT2D eigenvalue weighted by molar-refractivity contribution is 0.253. The summed E-state index contributed by atoms with van der Waals surface area (Å²) >= 11 is 0. The largest absolute Gasteiger partial charge is 0.383 e. The van der Waals surface area contributed by atoms with E-state index in [0.717, 1.165) is 65.4 Å². The molecule has 3 aromatic heterocycles. The molecule has 4 heterocycles. The predicted molar refractivity (Wildman–Crippen MR) is 162 cm³/mol. The average Bonchev–Trinajstić information content (AvgIpc) is 3.13. The highest BCUT2D eigenvalue weighted by molar-refractivity contribution is 5.84. The minimum atomic E-state index is -0.212. The number of fused-ring (bicyclic) bond motifs is 1. The van der Waals surface area contributed by atoms with Crippen LogP contribution in [0.4, 0.5) is 11.5 Å². The van der Waals surface area contributed by atoms with Crippen molar-refractivity contribution in [3.05, 3.63) is 84.6 Å². The standard InChI is InChI=1S/C33H35N7/c34-30-27(10-6-19-36-30)31-38-29-16-15-28(23-8-5-9-26(22-23)39-20-3-1-2-4-21-39)37-32(29)40(31)25-13-11-24(12-14-25)33(35)17-7-18-33/h5-6,8-16,19,22H,1-4,7,17-18,20-21,35H2,(H2,34,36). The van der Waals surface area contributed by atoms with Gasteiger partial charge in [-0.25, -0.2) is 15.0 Å². The first-order valence-corrected chi connectivity index (χ1v) is 14.4. The summed E-state index contributed by atoms with van der Waals surface area (Å²) in [5.41, 5.74) is 20.6. The minimum Gasteiger partial charge on any atom is -0.383 e. The van der Waals surface area contributed by atoms with Crippen molar-refractivity contribution in [2.45, 2.75) is 50.5 Å². The van der Waals surface area contributed by atoms with Crippen LogP contribution >= 0.6 is 0 Å². The first-order valence-electron chi connectivity index (χ1n) is 14.4. The second kappa shape index (κ2) is 10.1. The van der Waals surface area contributed by atoms with Crippen molar-refractivity contribution in [1.82, 2.24) is 19.5 Å². The Bertz CT molecular complexity index is 1660. The van der Waals surface area contributed by atoms with E-state index in [0.29, 0.717) is 5.82 Å². The van der Waals surface area contributed by atoms with E-state index >= 15 is 0 Å². The molecule has 0 spiro atoms. The summed E-state index contributed by atoms with van der Waals surface area (Å²) in [7, 11) is 0. The maximum absolute atomic E-state index is 6.62. The number of anilines is 2. The van der Waals surface area contributed by atoms with Gasteiger partial charge in [-0.3, -0.25) is 4.57 Å². The molecule has 0 bridgehead atoms. The molecule has 7 rings (SSSR count). The van der Waals surface area contributed by atoms with Crippen molar-refractivity contribution < 1.29 is 0 Å². The van der Waals surface area contributed by atoms with Crippen LogP contribution in [0.2, 0.25) is 0 Å². The van der Waals surface area contributed by atoms with Crippen LogP contribution in [0.1, 0.15) is 50.5 Å². The van der Waals surface area contributed by atoms with Gasteiger partial charge in [0.15, 0.2) is 11.5 Å². The Hall–Kier alpha value is -4.23. The van der Waals surface area contributed by atoms with Gasteiger partial charge in [-0.15, -0.1) is 0 Å². The van der Waals surface area contributed by atoms with E-state index in [1.165, 1.54) is 43.4 Å². The van der Waals surface area contributed by atoms with Gasteiger partial charge in [0.05, 0.1) is 11.3 Å². The molecule has 5 aromatic rings. The Kier molecular flexibility index (Phi) is 6.24. The Morgan fingerprint density at radius 2 is 1.55 bits per heavy atom. The van der Waals surface area contributed by atoms with Gasteiger partial charge in [-0.2, -0.15) is 0 Å². The highest BCUT2D eigenvalue weighted by atomic mass is 15.1. The van der Waals surface area contributed by atoms with Crippen molar-refractivity contribution in [3.8, 4) is 28.3 Å². The van der Waals surface area contributed by atoms with Gasteiger partial charge in [-0.1, -0.05) is 37.1 Å². The second-order valence-electron chi connectivity index (χ2n) is 11.3. The maximum atomic E-state index is 6.62. The van der Waals surface area contributed by atoms with Crippen molar-refractivity contribution in [2.24, 2.45) is 5.73 Å². The Morgan fingerprint density at radius 3 is 2.27 bits per heavy atom. The predicted octanol–water partition coefficient (Wildman–Crippen LogP) is 6.45. The zero-order valence-electron chi connectivity index (χ0n) is 22.8. The summed E-state index contributed by atoms with van der Waals surface area (Å²) in [5, 5.41) is 0. The third-order valence-corrected chi connectivity index (χ3v) is 8.64. The van der Waals surface area contributed by atoms with E-state index in [1.54, 1.807) is 6.20 Å². The van der Waals surface area contributed by atoms with Crippen LogP contribution in [0, 0.1) is 0 Å². The number of benzene rings is 2. The molecule has 202 valence electrons. The molecule has 40 heavy (non-hydrogen) atoms. The topological polar surface area (TPSA) is 98.9 Å². The molecule has 1 saturated carbocycles. The SMILES string of the molecule is Nc1ncccc1-c1nc2ccc(-c3cccc(N4CCCCCC4)c3)nc2n1-c1ccc(C2(N)CCC2)cc1. The molecule has 1 aliphatic carbocycles. The molecule has 0 radical (unpaired) electrons. The van der Waals surface area contributed by atoms with Crippen LogP contribution < -0.4 is 16.4 Å². The molecule has 2 fully saturated rings. The lowest BCUT2D eigenvalue weighted by Gasteiger charge is -2.38. The van der Waals surface area contributed by atoms with Crippen LogP contribution in [0.5, 0.6) is 0 Å². The van der Waals surface area contributed by atoms with Gasteiger partial charge >= 0.3 is 0 Å². The lowest BCUT2D eigenvalue weighted by atomic mass is 9.73. The van der Waals surface area contributed by atoms with Gasteiger partial charge < -0.3 is 16.4 Å². The van der Waals surface area contributed by atoms with Crippen molar-refractivity contribution in [1.29, 1.82) is 0 Å². The fourth-order valence-electron chi connectivity index (χ4n) is 6.13. The number of hydrogen-bond donors (Lipinski definition) is 2. The summed E-state index contributed by atoms with van der Waals surface area (Å²) in [5.74, 6) is 1.17. The fourth-order valence-corrected chi connectivity index (χ4v) is 6.13. The quantitative estimate of drug-likeness (QED) is 0.271. The molecule has 1 aliphatic heterocycles. The Balaban J connectivity index is 1.35. The molecule has 0 amide bonds. The first kappa shape index (κ1) is 24.8. The molecular weight excluding hydrogens is 494 g/mol. The van der Waals surface area contributed by atoms with E-state index in [2.05, 4.69) is 75.1 Å². The van der Waals surface area contributed by atoms with E-state index < -0.39 is 0 Å². The van der Waals surface area contributed by atoms with E-state index in [1.807, 2.05) is 12.1 Å². The van der Waals surface area contributed by atoms with Gasteiger partial charge in [0.2, 0.25) is 0 Å². The number of rotatable bonds is 5. The maximum Gasteiger partial charge on any atom is 0.165 e. The van der Waals surface area contributed by atoms with Gasteiger partial charge in [0.25, 0.3) is 0 Å². The van der Waals surface area contributed by atoms with Crippen molar-refractivity contribution in [2.75, 3.05) is 23.7 Å². The smallest absolute Gasteiger partial charge is 0.165 e. The normalized spacial score (nSPS) is 17.0. The number of nitrogen functional groups attached to an aromatic ring is 1. The highest BCUT2D eigenvalue weighted by Gasteiger charge is 2.34. The zero-order valence-corrected chi connectivity index (χ0v) is 22.8. The first-order chi connectivity index (χ1) is 19.6. The van der Waals surface area contributed by atoms with Crippen LogP contribution in [-0.4, -0.2) is 32.6 Å². The van der Waals surface area contributed by atoms with Gasteiger partial charge in [-0.05, 0) is 86.2 Å². The van der Waals surface area contributed by atoms with E-state index in [-0.39, 0.29) is 5.54 Å². The molecular formula is C33H35N7. The number of hydrogen-bond acceptors (Lipinski definition) is 6. The summed E-state index contributed by atoms with van der Waals surface area (Å²) in [6, 6.07) is 25.3. The Labute approximate surface area is 234 Å². The highest BCUT2D eigenvalue weighted by Crippen LogP contribution is 2.39. The molecule has 0 unspecified atom stereocenters. The third-order valence-electron chi connectivity index (χ3n) is 8.64. The summed E-state index contributed by atoms with van der Waals surface area (Å²) in [6.45, 7) is 2.22. The molecule has 7 nitrogen and oxygen atoms in total. The van der Waals surface area contributed by atoms with Crippen LogP contribution in [0.15, 0.2) is 79.0 Å².